The second kappa shape index (κ2) is 7.00. The van der Waals surface area contributed by atoms with Gasteiger partial charge in [0.15, 0.2) is 0 Å². The third-order valence-corrected chi connectivity index (χ3v) is 4.10. The van der Waals surface area contributed by atoms with Crippen LogP contribution in [0.5, 0.6) is 11.9 Å². The predicted molar refractivity (Wildman–Crippen MR) is 95.6 cm³/mol. The molecular weight excluding hydrogens is 308 g/mol. The summed E-state index contributed by atoms with van der Waals surface area (Å²) in [5.74, 6) is 6.75. The topological polar surface area (TPSA) is 44.2 Å². The van der Waals surface area contributed by atoms with Gasteiger partial charge in [-0.15, -0.1) is 11.1 Å². The van der Waals surface area contributed by atoms with Crippen molar-refractivity contribution >= 4 is 16.1 Å². The molecule has 118 valence electrons. The van der Waals surface area contributed by atoms with E-state index in [9.17, 15) is 0 Å². The van der Waals surface area contributed by atoms with Crippen LogP contribution < -0.4 is 9.47 Å². The fraction of sp³-hybridized carbons (Fsp3) is 0.500. The smallest absolute Gasteiger partial charge is 0.320 e. The molecule has 1 heterocycles. The Morgan fingerprint density at radius 1 is 0.773 bits per heavy atom. The maximum Gasteiger partial charge on any atom is 0.320 e. The number of methoxy groups -OCH3 is 2. The van der Waals surface area contributed by atoms with Crippen molar-refractivity contribution < 1.29 is 9.47 Å². The highest BCUT2D eigenvalue weighted by Crippen LogP contribution is 2.21. The standard InChI is InChI=1S/C16H24N2O2Si2/c1-19-15-13(9-11-21(3,4)5)14(10-12-22(6,7)8)17-16(18-15)20-2/h1-8H3. The van der Waals surface area contributed by atoms with Crippen LogP contribution in [0.1, 0.15) is 11.3 Å². The zero-order chi connectivity index (χ0) is 17.0. The van der Waals surface area contributed by atoms with Gasteiger partial charge in [0.25, 0.3) is 0 Å². The Morgan fingerprint density at radius 3 is 1.77 bits per heavy atom. The first-order chi connectivity index (χ1) is 10.1. The molecule has 1 rings (SSSR count). The predicted octanol–water partition coefficient (Wildman–Crippen LogP) is 2.95. The highest BCUT2D eigenvalue weighted by molar-refractivity contribution is 6.84. The van der Waals surface area contributed by atoms with E-state index in [0.29, 0.717) is 17.1 Å². The van der Waals surface area contributed by atoms with Crippen molar-refractivity contribution in [1.29, 1.82) is 0 Å². The van der Waals surface area contributed by atoms with Gasteiger partial charge in [-0.05, 0) is 0 Å². The molecule has 0 fully saturated rings. The van der Waals surface area contributed by atoms with Crippen molar-refractivity contribution in [3.63, 3.8) is 0 Å². The molecule has 4 nitrogen and oxygen atoms in total. The van der Waals surface area contributed by atoms with E-state index in [1.807, 2.05) is 0 Å². The number of hydrogen-bond donors (Lipinski definition) is 0. The van der Waals surface area contributed by atoms with Crippen molar-refractivity contribution in [2.75, 3.05) is 14.2 Å². The van der Waals surface area contributed by atoms with Gasteiger partial charge in [0.2, 0.25) is 5.88 Å². The van der Waals surface area contributed by atoms with E-state index < -0.39 is 16.1 Å². The molecule has 0 radical (unpaired) electrons. The van der Waals surface area contributed by atoms with Crippen molar-refractivity contribution in [2.24, 2.45) is 0 Å². The summed E-state index contributed by atoms with van der Waals surface area (Å²) in [6, 6.07) is 0.246. The molecule has 0 aliphatic heterocycles. The number of aromatic nitrogens is 2. The highest BCUT2D eigenvalue weighted by atomic mass is 28.3. The van der Waals surface area contributed by atoms with Gasteiger partial charge in [0, 0.05) is 0 Å². The van der Waals surface area contributed by atoms with Crippen molar-refractivity contribution in [3.8, 4) is 34.8 Å². The molecule has 0 spiro atoms. The van der Waals surface area contributed by atoms with E-state index >= 15 is 0 Å². The third kappa shape index (κ3) is 5.92. The molecule has 1 aromatic heterocycles. The third-order valence-electron chi connectivity index (χ3n) is 2.35. The fourth-order valence-electron chi connectivity index (χ4n) is 1.36. The quantitative estimate of drug-likeness (QED) is 0.617. The van der Waals surface area contributed by atoms with E-state index in [2.05, 4.69) is 72.2 Å². The van der Waals surface area contributed by atoms with Crippen LogP contribution >= 0.6 is 0 Å². The zero-order valence-electron chi connectivity index (χ0n) is 14.7. The SMILES string of the molecule is COc1nc(C#C[Si](C)(C)C)c(C#C[Si](C)(C)C)c(OC)n1. The Hall–Kier alpha value is -1.77. The van der Waals surface area contributed by atoms with Crippen LogP contribution in [0.25, 0.3) is 0 Å². The van der Waals surface area contributed by atoms with Crippen LogP contribution in [0.4, 0.5) is 0 Å². The van der Waals surface area contributed by atoms with Gasteiger partial charge in [-0.25, -0.2) is 0 Å². The lowest BCUT2D eigenvalue weighted by Crippen LogP contribution is -2.17. The van der Waals surface area contributed by atoms with Gasteiger partial charge in [0.05, 0.1) is 14.2 Å². The van der Waals surface area contributed by atoms with E-state index in [-0.39, 0.29) is 6.01 Å². The first-order valence-corrected chi connectivity index (χ1v) is 14.1. The van der Waals surface area contributed by atoms with E-state index in [4.69, 9.17) is 9.47 Å². The molecule has 0 unspecified atom stereocenters. The summed E-state index contributed by atoms with van der Waals surface area (Å²) in [7, 11) is 0.0489. The average Bonchev–Trinajstić information content (AvgIpc) is 2.40. The Morgan fingerprint density at radius 2 is 1.32 bits per heavy atom. The molecule has 0 aliphatic carbocycles. The second-order valence-electron chi connectivity index (χ2n) is 6.94. The Labute approximate surface area is 135 Å². The van der Waals surface area contributed by atoms with Crippen LogP contribution in [-0.4, -0.2) is 40.3 Å². The first kappa shape index (κ1) is 18.3. The molecule has 0 saturated carbocycles. The maximum absolute atomic E-state index is 5.35. The monoisotopic (exact) mass is 332 g/mol. The minimum Gasteiger partial charge on any atom is -0.480 e. The molecule has 0 bridgehead atoms. The molecular formula is C16H24N2O2Si2. The van der Waals surface area contributed by atoms with Gasteiger partial charge in [0.1, 0.15) is 27.4 Å². The van der Waals surface area contributed by atoms with Crippen LogP contribution in [0.3, 0.4) is 0 Å². The van der Waals surface area contributed by atoms with Crippen LogP contribution in [0.2, 0.25) is 39.3 Å². The van der Waals surface area contributed by atoms with Gasteiger partial charge < -0.3 is 9.47 Å². The summed E-state index contributed by atoms with van der Waals surface area (Å²) in [5.41, 5.74) is 7.86. The zero-order valence-corrected chi connectivity index (χ0v) is 16.7. The Kier molecular flexibility index (Phi) is 5.81. The van der Waals surface area contributed by atoms with Crippen LogP contribution in [-0.2, 0) is 0 Å². The second-order valence-corrected chi connectivity index (χ2v) is 16.4. The maximum atomic E-state index is 5.35. The summed E-state index contributed by atoms with van der Waals surface area (Å²) >= 11 is 0. The van der Waals surface area contributed by atoms with Crippen LogP contribution in [0, 0.1) is 22.9 Å². The summed E-state index contributed by atoms with van der Waals surface area (Å²) in [4.78, 5) is 8.57. The molecule has 1 aromatic rings. The fourth-order valence-corrected chi connectivity index (χ4v) is 2.35. The first-order valence-electron chi connectivity index (χ1n) is 7.12. The lowest BCUT2D eigenvalue weighted by Gasteiger charge is -2.09. The molecule has 22 heavy (non-hydrogen) atoms. The van der Waals surface area contributed by atoms with Crippen molar-refractivity contribution in [1.82, 2.24) is 9.97 Å². The molecule has 0 atom stereocenters. The molecule has 0 aliphatic rings. The van der Waals surface area contributed by atoms with Gasteiger partial charge in [-0.3, -0.25) is 0 Å². The molecule has 6 heteroatoms. The lowest BCUT2D eigenvalue weighted by atomic mass is 10.2. The van der Waals surface area contributed by atoms with Crippen molar-refractivity contribution in [2.45, 2.75) is 39.3 Å². The summed E-state index contributed by atoms with van der Waals surface area (Å²) in [6.07, 6.45) is 0. The molecule has 0 amide bonds. The van der Waals surface area contributed by atoms with E-state index in [1.54, 1.807) is 7.11 Å². The molecule has 0 saturated heterocycles. The highest BCUT2D eigenvalue weighted by Gasteiger charge is 2.15. The molecule has 0 N–H and O–H groups in total. The number of hydrogen-bond acceptors (Lipinski definition) is 4. The van der Waals surface area contributed by atoms with Gasteiger partial charge in [-0.1, -0.05) is 51.1 Å². The minimum atomic E-state index is -1.52. The van der Waals surface area contributed by atoms with E-state index in [1.165, 1.54) is 7.11 Å². The average molecular weight is 333 g/mol. The van der Waals surface area contributed by atoms with Gasteiger partial charge in [-0.2, -0.15) is 9.97 Å². The summed E-state index contributed by atoms with van der Waals surface area (Å²) in [5, 5.41) is 0. The number of nitrogens with zero attached hydrogens (tertiary/aromatic N) is 2. The molecule has 0 aromatic carbocycles. The van der Waals surface area contributed by atoms with Gasteiger partial charge >= 0.3 is 6.01 Å². The Bertz CT molecular complexity index is 666. The Balaban J connectivity index is 3.54. The number of rotatable bonds is 2. The minimum absolute atomic E-state index is 0.246. The largest absolute Gasteiger partial charge is 0.480 e. The number of ether oxygens (including phenoxy) is 2. The van der Waals surface area contributed by atoms with E-state index in [0.717, 1.165) is 0 Å². The summed E-state index contributed by atoms with van der Waals surface area (Å²) < 4.78 is 10.5. The lowest BCUT2D eigenvalue weighted by molar-refractivity contribution is 0.350. The van der Waals surface area contributed by atoms with Crippen molar-refractivity contribution in [3.05, 3.63) is 11.3 Å². The van der Waals surface area contributed by atoms with Crippen LogP contribution in [0.15, 0.2) is 0 Å². The summed E-state index contributed by atoms with van der Waals surface area (Å²) in [6.45, 7) is 13.1. The normalized spacial score (nSPS) is 10.9.